The van der Waals surface area contributed by atoms with Gasteiger partial charge in [0.1, 0.15) is 5.00 Å². The summed E-state index contributed by atoms with van der Waals surface area (Å²) in [7, 11) is 1.34. The number of nitro groups is 2. The number of amides is 2. The van der Waals surface area contributed by atoms with Gasteiger partial charge in [-0.15, -0.1) is 11.3 Å². The Kier molecular flexibility index (Phi) is 10.4. The summed E-state index contributed by atoms with van der Waals surface area (Å²) in [4.78, 5) is 60.1. The molecular weight excluding hydrogens is 610 g/mol. The maximum Gasteiger partial charge on any atom is 0.341 e. The lowest BCUT2D eigenvalue weighted by Crippen LogP contribution is -2.33. The zero-order valence-electron chi connectivity index (χ0n) is 24.5. The van der Waals surface area contributed by atoms with Crippen LogP contribution in [0.5, 0.6) is 17.2 Å². The number of nitro benzene ring substituents is 2. The number of fused-ring (bicyclic) bond motifs is 1. The first-order chi connectivity index (χ1) is 21.5. The third-order valence-electron chi connectivity index (χ3n) is 6.81. The number of esters is 1. The van der Waals surface area contributed by atoms with Gasteiger partial charge in [-0.25, -0.2) is 10.2 Å². The van der Waals surface area contributed by atoms with Gasteiger partial charge in [0.15, 0.2) is 11.5 Å². The highest BCUT2D eigenvalue weighted by Gasteiger charge is 2.28. The van der Waals surface area contributed by atoms with Crippen LogP contribution in [0.15, 0.2) is 41.5 Å². The molecule has 0 aliphatic heterocycles. The molecule has 0 bridgehead atoms. The predicted molar refractivity (Wildman–Crippen MR) is 163 cm³/mol. The van der Waals surface area contributed by atoms with Crippen LogP contribution in [0, 0.1) is 20.2 Å². The molecule has 3 aromatic rings. The summed E-state index contributed by atoms with van der Waals surface area (Å²) in [6, 6.07) is 7.43. The summed E-state index contributed by atoms with van der Waals surface area (Å²) < 4.78 is 16.2. The Balaban J connectivity index is 1.48. The standard InChI is InChI=1S/C29H29N5O10S/c1-4-43-29(37)25-19-8-6-5-7-9-24(19)45-28(25)30-26(35)27(36)32-31-16(2)17-10-12-22(23(14-17)42-3)44-21-13-11-18(33(38)39)15-20(21)34(40)41/h10-15H,4-9H2,1-3H3,(H,30,35)(H,32,36)/b31-16+. The van der Waals surface area contributed by atoms with E-state index in [2.05, 4.69) is 15.8 Å². The second-order valence-corrected chi connectivity index (χ2v) is 10.8. The smallest absolute Gasteiger partial charge is 0.341 e. The quantitative estimate of drug-likeness (QED) is 0.0733. The number of hydrogen-bond acceptors (Lipinski definition) is 12. The van der Waals surface area contributed by atoms with Crippen molar-refractivity contribution in [2.24, 2.45) is 5.10 Å². The molecule has 0 fully saturated rings. The number of hydrogen-bond donors (Lipinski definition) is 2. The van der Waals surface area contributed by atoms with Gasteiger partial charge in [0.05, 0.1) is 40.9 Å². The van der Waals surface area contributed by atoms with Crippen molar-refractivity contribution in [1.82, 2.24) is 5.43 Å². The van der Waals surface area contributed by atoms with Crippen LogP contribution in [0.25, 0.3) is 0 Å². The number of rotatable bonds is 10. The van der Waals surface area contributed by atoms with Crippen LogP contribution in [0.2, 0.25) is 0 Å². The number of nitrogens with one attached hydrogen (secondary N) is 2. The van der Waals surface area contributed by atoms with E-state index in [0.29, 0.717) is 12.0 Å². The van der Waals surface area contributed by atoms with Crippen LogP contribution in [0.3, 0.4) is 0 Å². The minimum absolute atomic E-state index is 0.0705. The Morgan fingerprint density at radius 2 is 1.69 bits per heavy atom. The van der Waals surface area contributed by atoms with Crippen molar-refractivity contribution in [3.63, 3.8) is 0 Å². The van der Waals surface area contributed by atoms with E-state index in [4.69, 9.17) is 14.2 Å². The second-order valence-electron chi connectivity index (χ2n) is 9.72. The van der Waals surface area contributed by atoms with E-state index in [0.717, 1.165) is 54.3 Å². The number of benzene rings is 2. The van der Waals surface area contributed by atoms with E-state index in [9.17, 15) is 34.6 Å². The summed E-state index contributed by atoms with van der Waals surface area (Å²) >= 11 is 1.27. The highest BCUT2D eigenvalue weighted by atomic mass is 32.1. The largest absolute Gasteiger partial charge is 0.493 e. The zero-order chi connectivity index (χ0) is 32.7. The molecule has 1 heterocycles. The molecule has 1 aromatic heterocycles. The maximum atomic E-state index is 12.8. The van der Waals surface area contributed by atoms with Gasteiger partial charge in [0.25, 0.3) is 5.69 Å². The molecule has 0 spiro atoms. The first kappa shape index (κ1) is 32.5. The fraction of sp³-hybridized carbons (Fsp3) is 0.310. The predicted octanol–water partition coefficient (Wildman–Crippen LogP) is 5.29. The van der Waals surface area contributed by atoms with E-state index in [1.807, 2.05) is 0 Å². The summed E-state index contributed by atoms with van der Waals surface area (Å²) in [5.41, 5.74) is 2.98. The Morgan fingerprint density at radius 1 is 0.956 bits per heavy atom. The Hall–Kier alpha value is -5.38. The van der Waals surface area contributed by atoms with Crippen LogP contribution in [-0.2, 0) is 27.2 Å². The second kappa shape index (κ2) is 14.4. The molecule has 2 amide bonds. The minimum atomic E-state index is -1.06. The molecule has 0 radical (unpaired) electrons. The molecule has 15 nitrogen and oxygen atoms in total. The van der Waals surface area contributed by atoms with Gasteiger partial charge in [0, 0.05) is 16.5 Å². The van der Waals surface area contributed by atoms with Gasteiger partial charge in [-0.3, -0.25) is 29.8 Å². The molecule has 0 unspecified atom stereocenters. The van der Waals surface area contributed by atoms with E-state index in [1.54, 1.807) is 13.8 Å². The number of carbonyl (C=O) groups excluding carboxylic acids is 3. The third kappa shape index (κ3) is 7.59. The van der Waals surface area contributed by atoms with Crippen LogP contribution in [0.4, 0.5) is 16.4 Å². The average molecular weight is 640 g/mol. The minimum Gasteiger partial charge on any atom is -0.493 e. The van der Waals surface area contributed by atoms with Gasteiger partial charge >= 0.3 is 23.5 Å². The molecule has 236 valence electrons. The number of anilines is 1. The molecule has 1 aliphatic carbocycles. The monoisotopic (exact) mass is 639 g/mol. The van der Waals surface area contributed by atoms with Crippen LogP contribution in [-0.4, -0.2) is 47.1 Å². The van der Waals surface area contributed by atoms with Gasteiger partial charge in [-0.1, -0.05) is 6.42 Å². The lowest BCUT2D eigenvalue weighted by atomic mass is 10.1. The fourth-order valence-electron chi connectivity index (χ4n) is 4.60. The summed E-state index contributed by atoms with van der Waals surface area (Å²) in [6.07, 6.45) is 4.37. The van der Waals surface area contributed by atoms with Crippen molar-refractivity contribution >= 4 is 51.2 Å². The fourth-order valence-corrected chi connectivity index (χ4v) is 5.88. The molecule has 16 heteroatoms. The molecule has 0 atom stereocenters. The number of thiophene rings is 1. The number of methoxy groups -OCH3 is 1. The Labute approximate surface area is 260 Å². The van der Waals surface area contributed by atoms with Crippen molar-refractivity contribution in [1.29, 1.82) is 0 Å². The molecule has 1 aliphatic rings. The van der Waals surface area contributed by atoms with Gasteiger partial charge in [-0.05, 0) is 69.4 Å². The number of aryl methyl sites for hydroxylation is 1. The van der Waals surface area contributed by atoms with Gasteiger partial charge in [0.2, 0.25) is 5.75 Å². The lowest BCUT2D eigenvalue weighted by molar-refractivity contribution is -0.394. The van der Waals surface area contributed by atoms with Crippen molar-refractivity contribution in [2.45, 2.75) is 46.0 Å². The van der Waals surface area contributed by atoms with Crippen molar-refractivity contribution in [2.75, 3.05) is 19.0 Å². The van der Waals surface area contributed by atoms with Gasteiger partial charge < -0.3 is 19.5 Å². The Morgan fingerprint density at radius 3 is 2.38 bits per heavy atom. The van der Waals surface area contributed by atoms with Crippen molar-refractivity contribution in [3.8, 4) is 17.2 Å². The third-order valence-corrected chi connectivity index (χ3v) is 8.02. The first-order valence-electron chi connectivity index (χ1n) is 13.8. The normalized spacial score (nSPS) is 12.7. The average Bonchev–Trinajstić information content (AvgIpc) is 3.19. The molecule has 2 aromatic carbocycles. The van der Waals surface area contributed by atoms with Crippen LogP contribution < -0.4 is 20.2 Å². The molecule has 4 rings (SSSR count). The number of hydrazone groups is 1. The highest BCUT2D eigenvalue weighted by molar-refractivity contribution is 7.17. The molecule has 0 saturated carbocycles. The van der Waals surface area contributed by atoms with E-state index >= 15 is 0 Å². The maximum absolute atomic E-state index is 12.8. The van der Waals surface area contributed by atoms with E-state index < -0.39 is 39.0 Å². The molecule has 0 saturated heterocycles. The van der Waals surface area contributed by atoms with E-state index in [-0.39, 0.29) is 40.1 Å². The van der Waals surface area contributed by atoms with Crippen molar-refractivity contribution < 1.29 is 38.4 Å². The topological polar surface area (TPSA) is 202 Å². The first-order valence-corrected chi connectivity index (χ1v) is 14.6. The van der Waals surface area contributed by atoms with E-state index in [1.165, 1.54) is 36.6 Å². The molecule has 45 heavy (non-hydrogen) atoms. The molecule has 2 N–H and O–H groups in total. The van der Waals surface area contributed by atoms with Gasteiger partial charge in [-0.2, -0.15) is 5.10 Å². The number of ether oxygens (including phenoxy) is 3. The highest BCUT2D eigenvalue weighted by Crippen LogP contribution is 2.39. The summed E-state index contributed by atoms with van der Waals surface area (Å²) in [6.45, 7) is 3.42. The number of carbonyl (C=O) groups is 3. The molecular formula is C29H29N5O10S. The SMILES string of the molecule is CCOC(=O)c1c(NC(=O)C(=O)N/N=C(\C)c2ccc(Oc3ccc([N+](=O)[O-])cc3[N+](=O)[O-])c(OC)c2)sc2c1CCCCC2. The van der Waals surface area contributed by atoms with Crippen LogP contribution in [0.1, 0.15) is 59.5 Å². The Bertz CT molecular complexity index is 1700. The zero-order valence-corrected chi connectivity index (χ0v) is 25.4. The van der Waals surface area contributed by atoms with Crippen LogP contribution >= 0.6 is 11.3 Å². The number of nitrogens with zero attached hydrogens (tertiary/aromatic N) is 3. The van der Waals surface area contributed by atoms with Crippen molar-refractivity contribution in [3.05, 3.63) is 78.2 Å². The summed E-state index contributed by atoms with van der Waals surface area (Å²) in [5, 5.41) is 29.3. The lowest BCUT2D eigenvalue weighted by Gasteiger charge is -2.12. The summed E-state index contributed by atoms with van der Waals surface area (Å²) in [5.74, 6) is -2.66. The number of non-ortho nitro benzene ring substituents is 1.